The third kappa shape index (κ3) is 4.11. The van der Waals surface area contributed by atoms with Crippen LogP contribution in [0.5, 0.6) is 11.6 Å². The van der Waals surface area contributed by atoms with Gasteiger partial charge in [0, 0.05) is 23.7 Å². The molecule has 0 saturated carbocycles. The molecule has 2 N–H and O–H groups in total. The lowest BCUT2D eigenvalue weighted by Gasteiger charge is -2.13. The summed E-state index contributed by atoms with van der Waals surface area (Å²) in [6, 6.07) is 16.1. The molecule has 2 aromatic heterocycles. The van der Waals surface area contributed by atoms with Gasteiger partial charge in [0.1, 0.15) is 11.4 Å². The highest BCUT2D eigenvalue weighted by molar-refractivity contribution is 6.05. The highest BCUT2D eigenvalue weighted by Crippen LogP contribution is 2.30. The minimum Gasteiger partial charge on any atom is -0.437 e. The summed E-state index contributed by atoms with van der Waals surface area (Å²) < 4.78 is 7.53. The molecular formula is C24H22N4O3. The highest BCUT2D eigenvalue weighted by atomic mass is 16.5. The Hall–Kier alpha value is -4.13. The number of benzene rings is 2. The molecule has 0 radical (unpaired) electrons. The summed E-state index contributed by atoms with van der Waals surface area (Å²) in [5.74, 6) is 0.699. The Balaban J connectivity index is 1.55. The largest absolute Gasteiger partial charge is 0.437 e. The number of aromatic nitrogens is 3. The van der Waals surface area contributed by atoms with E-state index in [1.807, 2.05) is 39.0 Å². The molecular weight excluding hydrogens is 392 g/mol. The molecule has 2 heterocycles. The van der Waals surface area contributed by atoms with Gasteiger partial charge in [-0.25, -0.2) is 9.78 Å². The van der Waals surface area contributed by atoms with Crippen molar-refractivity contribution in [3.05, 3.63) is 99.9 Å². The molecule has 1 amide bonds. The average Bonchev–Trinajstić information content (AvgIpc) is 3.11. The quantitative estimate of drug-likeness (QED) is 0.502. The molecule has 0 aliphatic rings. The maximum Gasteiger partial charge on any atom is 0.330 e. The SMILES string of the molecule is Cc1cccc(Oc2ncccc2NC(=O)c2ccc(-n3c(C)c[nH]c3=O)cc2)c1C. The van der Waals surface area contributed by atoms with Crippen LogP contribution in [-0.4, -0.2) is 20.4 Å². The number of amides is 1. The van der Waals surface area contributed by atoms with Crippen LogP contribution in [0.2, 0.25) is 0 Å². The molecule has 0 bridgehead atoms. The third-order valence-corrected chi connectivity index (χ3v) is 5.13. The van der Waals surface area contributed by atoms with Crippen molar-refractivity contribution >= 4 is 11.6 Å². The van der Waals surface area contributed by atoms with Gasteiger partial charge in [-0.05, 0) is 74.4 Å². The van der Waals surface area contributed by atoms with Gasteiger partial charge < -0.3 is 15.0 Å². The Labute approximate surface area is 179 Å². The molecule has 0 unspecified atom stereocenters. The number of imidazole rings is 1. The van der Waals surface area contributed by atoms with E-state index in [-0.39, 0.29) is 11.6 Å². The van der Waals surface area contributed by atoms with Crippen molar-refractivity contribution in [2.75, 3.05) is 5.32 Å². The van der Waals surface area contributed by atoms with Crippen molar-refractivity contribution < 1.29 is 9.53 Å². The predicted molar refractivity (Wildman–Crippen MR) is 119 cm³/mol. The summed E-state index contributed by atoms with van der Waals surface area (Å²) in [7, 11) is 0. The van der Waals surface area contributed by atoms with Crippen molar-refractivity contribution in [1.29, 1.82) is 0 Å². The van der Waals surface area contributed by atoms with Crippen molar-refractivity contribution in [2.45, 2.75) is 20.8 Å². The number of hydrogen-bond acceptors (Lipinski definition) is 4. The van der Waals surface area contributed by atoms with Gasteiger partial charge in [0.25, 0.3) is 5.91 Å². The standard InChI is InChI=1S/C24H22N4O3/c1-15-6-4-8-21(17(15)3)31-23-20(7-5-13-25-23)27-22(29)18-9-11-19(12-10-18)28-16(2)14-26-24(28)30/h4-14H,1-3H3,(H,26,30)(H,27,29). The van der Waals surface area contributed by atoms with Crippen LogP contribution in [0.1, 0.15) is 27.2 Å². The molecule has 0 aliphatic heterocycles. The summed E-state index contributed by atoms with van der Waals surface area (Å²) in [6.07, 6.45) is 3.25. The first kappa shape index (κ1) is 20.2. The van der Waals surface area contributed by atoms with Crippen LogP contribution >= 0.6 is 0 Å². The Morgan fingerprint density at radius 1 is 1.03 bits per heavy atom. The number of H-pyrrole nitrogens is 1. The molecule has 4 aromatic rings. The molecule has 0 saturated heterocycles. The molecule has 7 heteroatoms. The van der Waals surface area contributed by atoms with Crippen LogP contribution in [0.4, 0.5) is 5.69 Å². The minimum atomic E-state index is -0.302. The van der Waals surface area contributed by atoms with Crippen molar-refractivity contribution in [1.82, 2.24) is 14.5 Å². The number of rotatable bonds is 5. The predicted octanol–water partition coefficient (Wildman–Crippen LogP) is 4.53. The number of anilines is 1. The Morgan fingerprint density at radius 2 is 1.81 bits per heavy atom. The van der Waals surface area contributed by atoms with E-state index in [9.17, 15) is 9.59 Å². The number of ether oxygens (including phenoxy) is 1. The van der Waals surface area contributed by atoms with E-state index < -0.39 is 0 Å². The van der Waals surface area contributed by atoms with Crippen molar-refractivity contribution in [3.8, 4) is 17.3 Å². The Bertz CT molecular complexity index is 1300. The van der Waals surface area contributed by atoms with Gasteiger partial charge >= 0.3 is 5.69 Å². The fourth-order valence-corrected chi connectivity index (χ4v) is 3.24. The van der Waals surface area contributed by atoms with Crippen LogP contribution in [0.3, 0.4) is 0 Å². The average molecular weight is 414 g/mol. The normalized spacial score (nSPS) is 10.7. The number of nitrogens with one attached hydrogen (secondary N) is 2. The lowest BCUT2D eigenvalue weighted by Crippen LogP contribution is -2.16. The van der Waals surface area contributed by atoms with Gasteiger partial charge in [-0.3, -0.25) is 9.36 Å². The second-order valence-corrected chi connectivity index (χ2v) is 7.23. The molecule has 0 aliphatic carbocycles. The van der Waals surface area contributed by atoms with Crippen molar-refractivity contribution in [2.24, 2.45) is 0 Å². The number of hydrogen-bond donors (Lipinski definition) is 2. The maximum atomic E-state index is 12.8. The minimum absolute atomic E-state index is 0.224. The van der Waals surface area contributed by atoms with Crippen LogP contribution in [0.25, 0.3) is 5.69 Å². The van der Waals surface area contributed by atoms with E-state index in [0.29, 0.717) is 28.6 Å². The fourth-order valence-electron chi connectivity index (χ4n) is 3.24. The first-order valence-electron chi connectivity index (χ1n) is 9.82. The van der Waals surface area contributed by atoms with E-state index in [0.717, 1.165) is 16.8 Å². The second-order valence-electron chi connectivity index (χ2n) is 7.23. The Kier molecular flexibility index (Phi) is 5.41. The molecule has 156 valence electrons. The molecule has 7 nitrogen and oxygen atoms in total. The Morgan fingerprint density at radius 3 is 2.52 bits per heavy atom. The number of carbonyl (C=O) groups excluding carboxylic acids is 1. The van der Waals surface area contributed by atoms with Gasteiger partial charge in [0.05, 0.1) is 5.69 Å². The zero-order valence-electron chi connectivity index (χ0n) is 17.5. The van der Waals surface area contributed by atoms with E-state index in [2.05, 4.69) is 15.3 Å². The van der Waals surface area contributed by atoms with E-state index in [4.69, 9.17) is 4.74 Å². The van der Waals surface area contributed by atoms with Crippen LogP contribution in [-0.2, 0) is 0 Å². The van der Waals surface area contributed by atoms with Gasteiger partial charge in [-0.15, -0.1) is 0 Å². The van der Waals surface area contributed by atoms with Gasteiger partial charge in [-0.1, -0.05) is 12.1 Å². The smallest absolute Gasteiger partial charge is 0.330 e. The summed E-state index contributed by atoms with van der Waals surface area (Å²) in [6.45, 7) is 5.82. The fraction of sp³-hybridized carbons (Fsp3) is 0.125. The molecule has 0 atom stereocenters. The molecule has 0 fully saturated rings. The zero-order valence-corrected chi connectivity index (χ0v) is 17.5. The maximum absolute atomic E-state index is 12.8. The lowest BCUT2D eigenvalue weighted by molar-refractivity contribution is 0.102. The van der Waals surface area contributed by atoms with Crippen LogP contribution in [0.15, 0.2) is 71.8 Å². The van der Waals surface area contributed by atoms with E-state index in [1.54, 1.807) is 53.4 Å². The van der Waals surface area contributed by atoms with Gasteiger partial charge in [-0.2, -0.15) is 0 Å². The molecule has 31 heavy (non-hydrogen) atoms. The van der Waals surface area contributed by atoms with E-state index >= 15 is 0 Å². The van der Waals surface area contributed by atoms with Gasteiger partial charge in [0.2, 0.25) is 5.88 Å². The summed E-state index contributed by atoms with van der Waals surface area (Å²) in [4.78, 5) is 31.7. The molecule has 4 rings (SSSR count). The summed E-state index contributed by atoms with van der Waals surface area (Å²) >= 11 is 0. The zero-order chi connectivity index (χ0) is 22.0. The summed E-state index contributed by atoms with van der Waals surface area (Å²) in [5, 5.41) is 2.86. The molecule has 2 aromatic carbocycles. The third-order valence-electron chi connectivity index (χ3n) is 5.13. The highest BCUT2D eigenvalue weighted by Gasteiger charge is 2.14. The monoisotopic (exact) mass is 414 g/mol. The topological polar surface area (TPSA) is 89.0 Å². The molecule has 0 spiro atoms. The van der Waals surface area contributed by atoms with Crippen LogP contribution < -0.4 is 15.7 Å². The number of carbonyl (C=O) groups is 1. The number of nitrogens with zero attached hydrogens (tertiary/aromatic N) is 2. The second kappa shape index (κ2) is 8.31. The van der Waals surface area contributed by atoms with Crippen LogP contribution in [0, 0.1) is 20.8 Å². The lowest BCUT2D eigenvalue weighted by atomic mass is 10.1. The first-order valence-corrected chi connectivity index (χ1v) is 9.82. The number of aryl methyl sites for hydroxylation is 2. The number of aromatic amines is 1. The van der Waals surface area contributed by atoms with Crippen molar-refractivity contribution in [3.63, 3.8) is 0 Å². The summed E-state index contributed by atoms with van der Waals surface area (Å²) in [5.41, 5.74) is 4.28. The van der Waals surface area contributed by atoms with E-state index in [1.165, 1.54) is 0 Å². The van der Waals surface area contributed by atoms with Gasteiger partial charge in [0.15, 0.2) is 0 Å². The number of pyridine rings is 1. The first-order chi connectivity index (χ1) is 14.9.